The second-order valence-electron chi connectivity index (χ2n) is 1.52. The Balaban J connectivity index is 0.000000292. The van der Waals surface area contributed by atoms with E-state index in [4.69, 9.17) is 42.6 Å². The molecule has 0 aliphatic carbocycles. The summed E-state index contributed by atoms with van der Waals surface area (Å²) in [4.78, 5) is 0. The van der Waals surface area contributed by atoms with Crippen molar-refractivity contribution in [3.05, 3.63) is 34.3 Å². The molecule has 0 aromatic heterocycles. The summed E-state index contributed by atoms with van der Waals surface area (Å²) in [7, 11) is 9.90. The maximum absolute atomic E-state index is 5.58. The van der Waals surface area contributed by atoms with Crippen molar-refractivity contribution in [3.63, 3.8) is 0 Å². The summed E-state index contributed by atoms with van der Waals surface area (Å²) in [6, 6.07) is 7.19. The van der Waals surface area contributed by atoms with Crippen molar-refractivity contribution in [2.75, 3.05) is 0 Å². The van der Waals surface area contributed by atoms with Gasteiger partial charge in [0.15, 0.2) is 0 Å². The zero-order chi connectivity index (χ0) is 8.69. The molecule has 0 heterocycles. The van der Waals surface area contributed by atoms with E-state index < -0.39 is 15.1 Å². The molecule has 11 heavy (non-hydrogen) atoms. The van der Waals surface area contributed by atoms with Crippen molar-refractivity contribution in [1.82, 2.24) is 0 Å². The van der Waals surface area contributed by atoms with Crippen molar-refractivity contribution in [2.24, 2.45) is 0 Å². The average molecular weight is 283 g/mol. The molecule has 1 rings (SSSR count). The van der Waals surface area contributed by atoms with E-state index in [2.05, 4.69) is 0 Å². The van der Waals surface area contributed by atoms with Crippen molar-refractivity contribution >= 4 is 42.6 Å². The molecule has 0 spiro atoms. The molecular weight excluding hydrogens is 279 g/mol. The summed E-state index contributed by atoms with van der Waals surface area (Å²) in [6.07, 6.45) is 0. The number of hydrogen-bond acceptors (Lipinski definition) is 0. The second kappa shape index (κ2) is 7.64. The third kappa shape index (κ3) is 6.19. The van der Waals surface area contributed by atoms with Gasteiger partial charge in [0.25, 0.3) is 0 Å². The summed E-state index contributed by atoms with van der Waals surface area (Å²) in [6.45, 7) is 0. The molecule has 0 atom stereocenters. The normalized spacial score (nSPS) is 7.64. The van der Waals surface area contributed by atoms with Crippen LogP contribution in [0.1, 0.15) is 0 Å². The third-order valence-corrected chi connectivity index (χ3v) is 1.58. The van der Waals surface area contributed by atoms with Crippen LogP contribution < -0.4 is 0 Å². The molecule has 0 aliphatic rings. The van der Waals surface area contributed by atoms with Crippen LogP contribution in [0.15, 0.2) is 24.3 Å². The van der Waals surface area contributed by atoms with Crippen LogP contribution in [0.2, 0.25) is 10.0 Å². The molecule has 5 heteroatoms. The Hall–Kier alpha value is 1.00. The number of halogens is 4. The standard InChI is InChI=1S/C6H4Cl2.2ClH.Zn/c7-5-3-1-2-4-6(5)8;;;/h1-4H;2*1H;/q;;;+2/p-2. The molecular formula is C6H4Cl4Zn. The fourth-order valence-corrected chi connectivity index (χ4v) is 0.711. The first-order chi connectivity index (χ1) is 5.22. The van der Waals surface area contributed by atoms with E-state index in [1.165, 1.54) is 0 Å². The van der Waals surface area contributed by atoms with Crippen molar-refractivity contribution in [2.45, 2.75) is 0 Å². The summed E-state index contributed by atoms with van der Waals surface area (Å²) < 4.78 is 0. The monoisotopic (exact) mass is 280 g/mol. The van der Waals surface area contributed by atoms with Crippen LogP contribution in [-0.4, -0.2) is 0 Å². The number of hydrogen-bond donors (Lipinski definition) is 0. The molecule has 0 aliphatic heterocycles. The van der Waals surface area contributed by atoms with Gasteiger partial charge in [0.05, 0.1) is 10.0 Å². The molecule has 0 nitrogen and oxygen atoms in total. The van der Waals surface area contributed by atoms with E-state index in [0.717, 1.165) is 0 Å². The zero-order valence-corrected chi connectivity index (χ0v) is 11.5. The molecule has 0 unspecified atom stereocenters. The van der Waals surface area contributed by atoms with Crippen LogP contribution in [0.25, 0.3) is 0 Å². The van der Waals surface area contributed by atoms with Gasteiger partial charge < -0.3 is 0 Å². The van der Waals surface area contributed by atoms with Gasteiger partial charge >= 0.3 is 34.5 Å². The fourth-order valence-electron chi connectivity index (χ4n) is 0.439. The summed E-state index contributed by atoms with van der Waals surface area (Å²) >= 11 is 10.2. The van der Waals surface area contributed by atoms with E-state index in [-0.39, 0.29) is 0 Å². The molecule has 0 fully saturated rings. The van der Waals surface area contributed by atoms with Crippen LogP contribution in [0.3, 0.4) is 0 Å². The molecule has 0 radical (unpaired) electrons. The van der Waals surface area contributed by atoms with E-state index in [9.17, 15) is 0 Å². The van der Waals surface area contributed by atoms with Gasteiger partial charge in [-0.05, 0) is 12.1 Å². The molecule has 0 saturated carbocycles. The number of benzene rings is 1. The van der Waals surface area contributed by atoms with Gasteiger partial charge in [-0.3, -0.25) is 0 Å². The van der Waals surface area contributed by atoms with E-state index >= 15 is 0 Å². The molecule has 0 bridgehead atoms. The molecule has 1 aromatic rings. The molecule has 0 saturated heterocycles. The Kier molecular flexibility index (Phi) is 8.34. The molecule has 0 N–H and O–H groups in total. The van der Waals surface area contributed by atoms with Crippen molar-refractivity contribution < 1.29 is 15.1 Å². The first kappa shape index (κ1) is 12.0. The van der Waals surface area contributed by atoms with Crippen LogP contribution in [-0.2, 0) is 15.1 Å². The van der Waals surface area contributed by atoms with E-state index in [1.54, 1.807) is 12.1 Å². The summed E-state index contributed by atoms with van der Waals surface area (Å²) in [5, 5.41) is 1.21. The third-order valence-electron chi connectivity index (χ3n) is 0.824. The van der Waals surface area contributed by atoms with Crippen LogP contribution in [0.5, 0.6) is 0 Å². The quantitative estimate of drug-likeness (QED) is 0.620. The summed E-state index contributed by atoms with van der Waals surface area (Å²) in [5.74, 6) is 0. The summed E-state index contributed by atoms with van der Waals surface area (Å²) in [5.41, 5.74) is 0. The minimum atomic E-state index is -0.931. The first-order valence-corrected chi connectivity index (χ1v) is 11.3. The van der Waals surface area contributed by atoms with Gasteiger partial charge in [-0.2, -0.15) is 0 Å². The van der Waals surface area contributed by atoms with Gasteiger partial charge in [0.2, 0.25) is 0 Å². The Morgan fingerprint density at radius 2 is 1.18 bits per heavy atom. The topological polar surface area (TPSA) is 0 Å². The van der Waals surface area contributed by atoms with Crippen molar-refractivity contribution in [1.29, 1.82) is 0 Å². The average Bonchev–Trinajstić information content (AvgIpc) is 1.97. The second-order valence-corrected chi connectivity index (χ2v) is 6.95. The SMILES string of the molecule is Clc1ccccc1Cl.[Cl][Zn][Cl]. The molecule has 0 amide bonds. The fraction of sp³-hybridized carbons (Fsp3) is 0. The van der Waals surface area contributed by atoms with Crippen LogP contribution >= 0.6 is 42.6 Å². The van der Waals surface area contributed by atoms with Gasteiger partial charge in [0.1, 0.15) is 0 Å². The Morgan fingerprint density at radius 1 is 0.909 bits per heavy atom. The predicted molar refractivity (Wildman–Crippen MR) is 48.2 cm³/mol. The van der Waals surface area contributed by atoms with Gasteiger partial charge in [-0.15, -0.1) is 0 Å². The Bertz CT molecular complexity index is 183. The van der Waals surface area contributed by atoms with Gasteiger partial charge in [-0.1, -0.05) is 35.3 Å². The maximum atomic E-state index is 5.58. The Labute approximate surface area is 91.5 Å². The molecule has 58 valence electrons. The van der Waals surface area contributed by atoms with E-state index in [1.807, 2.05) is 12.1 Å². The number of rotatable bonds is 0. The molecule has 1 aromatic carbocycles. The van der Waals surface area contributed by atoms with Crippen LogP contribution in [0, 0.1) is 0 Å². The first-order valence-electron chi connectivity index (χ1n) is 2.74. The zero-order valence-electron chi connectivity index (χ0n) is 5.53. The van der Waals surface area contributed by atoms with Crippen LogP contribution in [0.4, 0.5) is 0 Å². The van der Waals surface area contributed by atoms with Crippen molar-refractivity contribution in [3.8, 4) is 0 Å². The van der Waals surface area contributed by atoms with Gasteiger partial charge in [0, 0.05) is 0 Å². The minimum absolute atomic E-state index is 0.606. The van der Waals surface area contributed by atoms with Gasteiger partial charge in [-0.25, -0.2) is 0 Å². The Morgan fingerprint density at radius 3 is 1.36 bits per heavy atom. The van der Waals surface area contributed by atoms with E-state index in [0.29, 0.717) is 10.0 Å². The predicted octanol–water partition coefficient (Wildman–Crippen LogP) is 4.37.